The Hall–Kier alpha value is -2.87. The van der Waals surface area contributed by atoms with Crippen molar-refractivity contribution < 1.29 is 10.2 Å². The van der Waals surface area contributed by atoms with E-state index in [0.29, 0.717) is 35.9 Å². The number of anilines is 2. The second-order valence-electron chi connectivity index (χ2n) is 8.56. The van der Waals surface area contributed by atoms with Crippen molar-refractivity contribution in [1.29, 1.82) is 0 Å². The number of imidazole rings is 1. The molecule has 0 aliphatic carbocycles. The van der Waals surface area contributed by atoms with E-state index in [1.54, 1.807) is 26.2 Å². The zero-order valence-electron chi connectivity index (χ0n) is 18.6. The van der Waals surface area contributed by atoms with Crippen LogP contribution in [0.4, 0.5) is 11.8 Å². The number of fused-ring (bicyclic) bond motifs is 1. The summed E-state index contributed by atoms with van der Waals surface area (Å²) < 4.78 is 1.99. The number of benzene rings is 1. The first-order valence-electron chi connectivity index (χ1n) is 10.4. The molecule has 0 fully saturated rings. The number of aromatic hydroxyl groups is 1. The topological polar surface area (TPSA) is 108 Å². The van der Waals surface area contributed by atoms with Crippen molar-refractivity contribution in [2.24, 2.45) is 0 Å². The first kappa shape index (κ1) is 21.8. The van der Waals surface area contributed by atoms with E-state index in [-0.39, 0.29) is 17.8 Å². The average molecular weight is 413 g/mol. The number of hydrogen-bond donors (Lipinski definition) is 4. The number of nitrogens with zero attached hydrogens (tertiary/aromatic N) is 4. The molecule has 2 aromatic heterocycles. The predicted octanol–water partition coefficient (Wildman–Crippen LogP) is 3.99. The second-order valence-corrected chi connectivity index (χ2v) is 8.56. The van der Waals surface area contributed by atoms with Crippen LogP contribution in [0.5, 0.6) is 5.75 Å². The molecule has 162 valence electrons. The van der Waals surface area contributed by atoms with Gasteiger partial charge in [0.25, 0.3) is 0 Å². The van der Waals surface area contributed by atoms with Gasteiger partial charge in [0.2, 0.25) is 5.95 Å². The number of phenolic OH excluding ortho intramolecular Hbond substituents is 1. The SMILES string of the molecule is CCC(Nc1nc(NCc2cc(C)ccc2O)c2ncn(C(C)C)c2n1)C(C)(C)O. The lowest BCUT2D eigenvalue weighted by molar-refractivity contribution is 0.0577. The zero-order chi connectivity index (χ0) is 22.1. The third-order valence-electron chi connectivity index (χ3n) is 5.22. The van der Waals surface area contributed by atoms with Crippen LogP contribution in [0.2, 0.25) is 0 Å². The predicted molar refractivity (Wildman–Crippen MR) is 120 cm³/mol. The van der Waals surface area contributed by atoms with Gasteiger partial charge >= 0.3 is 0 Å². The summed E-state index contributed by atoms with van der Waals surface area (Å²) in [6.45, 7) is 12.1. The van der Waals surface area contributed by atoms with Crippen molar-refractivity contribution in [3.05, 3.63) is 35.7 Å². The molecule has 0 radical (unpaired) electrons. The van der Waals surface area contributed by atoms with E-state index >= 15 is 0 Å². The Bertz CT molecular complexity index is 1020. The fraction of sp³-hybridized carbons (Fsp3) is 0.500. The first-order valence-corrected chi connectivity index (χ1v) is 10.4. The van der Waals surface area contributed by atoms with E-state index in [0.717, 1.165) is 11.1 Å². The number of nitrogens with one attached hydrogen (secondary N) is 2. The van der Waals surface area contributed by atoms with Gasteiger partial charge in [-0.15, -0.1) is 0 Å². The van der Waals surface area contributed by atoms with Gasteiger partial charge in [0.15, 0.2) is 17.0 Å². The second kappa shape index (κ2) is 8.47. The van der Waals surface area contributed by atoms with Gasteiger partial charge in [-0.2, -0.15) is 9.97 Å². The number of rotatable bonds is 8. The molecule has 3 aromatic rings. The zero-order valence-corrected chi connectivity index (χ0v) is 18.6. The Kier molecular flexibility index (Phi) is 6.17. The standard InChI is InChI=1S/C22H32N6O2/c1-7-17(22(5,6)30)25-21-26-19(18-20(27-21)28(12-24-18)13(2)3)23-11-15-10-14(4)8-9-16(15)29/h8-10,12-13,17,29-30H,7,11H2,1-6H3,(H2,23,25,26,27). The Morgan fingerprint density at radius 1 is 1.20 bits per heavy atom. The third kappa shape index (κ3) is 4.64. The summed E-state index contributed by atoms with van der Waals surface area (Å²) in [7, 11) is 0. The van der Waals surface area contributed by atoms with Gasteiger partial charge < -0.3 is 25.4 Å². The molecule has 8 nitrogen and oxygen atoms in total. The molecule has 0 aliphatic heterocycles. The van der Waals surface area contributed by atoms with Crippen LogP contribution in [0.25, 0.3) is 11.2 Å². The van der Waals surface area contributed by atoms with Crippen LogP contribution in [0.15, 0.2) is 24.5 Å². The highest BCUT2D eigenvalue weighted by Gasteiger charge is 2.26. The number of aryl methyl sites for hydroxylation is 1. The fourth-order valence-corrected chi connectivity index (χ4v) is 3.45. The quantitative estimate of drug-likeness (QED) is 0.443. The average Bonchev–Trinajstić information content (AvgIpc) is 3.10. The lowest BCUT2D eigenvalue weighted by Crippen LogP contribution is -2.41. The van der Waals surface area contributed by atoms with E-state index in [9.17, 15) is 10.2 Å². The Morgan fingerprint density at radius 3 is 2.57 bits per heavy atom. The summed E-state index contributed by atoms with van der Waals surface area (Å²) in [6, 6.07) is 5.47. The maximum Gasteiger partial charge on any atom is 0.227 e. The van der Waals surface area contributed by atoms with Crippen LogP contribution < -0.4 is 10.6 Å². The number of aliphatic hydroxyl groups is 1. The smallest absolute Gasteiger partial charge is 0.227 e. The highest BCUT2D eigenvalue weighted by Crippen LogP contribution is 2.26. The van der Waals surface area contributed by atoms with Gasteiger partial charge in [0, 0.05) is 18.2 Å². The molecule has 0 bridgehead atoms. The van der Waals surface area contributed by atoms with Crippen molar-refractivity contribution >= 4 is 22.9 Å². The molecule has 0 saturated heterocycles. The summed E-state index contributed by atoms with van der Waals surface area (Å²) in [5, 5.41) is 27.2. The minimum Gasteiger partial charge on any atom is -0.508 e. The molecule has 30 heavy (non-hydrogen) atoms. The van der Waals surface area contributed by atoms with E-state index in [1.165, 1.54) is 0 Å². The number of hydrogen-bond acceptors (Lipinski definition) is 7. The minimum absolute atomic E-state index is 0.183. The Labute approximate surface area is 177 Å². The molecule has 1 aromatic carbocycles. The first-order chi connectivity index (χ1) is 14.1. The molecule has 4 N–H and O–H groups in total. The molecule has 2 heterocycles. The van der Waals surface area contributed by atoms with Crippen molar-refractivity contribution in [1.82, 2.24) is 19.5 Å². The Morgan fingerprint density at radius 2 is 1.93 bits per heavy atom. The number of aromatic nitrogens is 4. The van der Waals surface area contributed by atoms with Crippen molar-refractivity contribution in [3.63, 3.8) is 0 Å². The van der Waals surface area contributed by atoms with Crippen molar-refractivity contribution in [2.45, 2.75) is 72.2 Å². The molecule has 1 unspecified atom stereocenters. The summed E-state index contributed by atoms with van der Waals surface area (Å²) in [5.41, 5.74) is 2.30. The van der Waals surface area contributed by atoms with E-state index in [2.05, 4.69) is 39.4 Å². The largest absolute Gasteiger partial charge is 0.508 e. The van der Waals surface area contributed by atoms with Crippen LogP contribution in [0, 0.1) is 6.92 Å². The summed E-state index contributed by atoms with van der Waals surface area (Å²) >= 11 is 0. The van der Waals surface area contributed by atoms with Gasteiger partial charge in [-0.25, -0.2) is 4.98 Å². The molecular formula is C22H32N6O2. The molecule has 3 rings (SSSR count). The molecule has 8 heteroatoms. The molecular weight excluding hydrogens is 380 g/mol. The normalized spacial score (nSPS) is 13.1. The minimum atomic E-state index is -0.924. The summed E-state index contributed by atoms with van der Waals surface area (Å²) in [5.74, 6) is 1.24. The van der Waals surface area contributed by atoms with Gasteiger partial charge in [-0.1, -0.05) is 24.6 Å². The maximum atomic E-state index is 10.5. The lowest BCUT2D eigenvalue weighted by Gasteiger charge is -2.29. The van der Waals surface area contributed by atoms with Crippen LogP contribution in [0.3, 0.4) is 0 Å². The highest BCUT2D eigenvalue weighted by molar-refractivity contribution is 5.84. The molecule has 0 aliphatic rings. The van der Waals surface area contributed by atoms with Crippen molar-refractivity contribution in [2.75, 3.05) is 10.6 Å². The van der Waals surface area contributed by atoms with Gasteiger partial charge in [-0.05, 0) is 47.1 Å². The molecule has 0 saturated carbocycles. The Balaban J connectivity index is 2.00. The van der Waals surface area contributed by atoms with Crippen LogP contribution >= 0.6 is 0 Å². The lowest BCUT2D eigenvalue weighted by atomic mass is 9.97. The van der Waals surface area contributed by atoms with Gasteiger partial charge in [-0.3, -0.25) is 0 Å². The summed E-state index contributed by atoms with van der Waals surface area (Å²) in [4.78, 5) is 13.8. The van der Waals surface area contributed by atoms with Crippen molar-refractivity contribution in [3.8, 4) is 5.75 Å². The molecule has 1 atom stereocenters. The van der Waals surface area contributed by atoms with Gasteiger partial charge in [0.1, 0.15) is 5.75 Å². The monoisotopic (exact) mass is 412 g/mol. The third-order valence-corrected chi connectivity index (χ3v) is 5.22. The van der Waals surface area contributed by atoms with E-state index in [1.807, 2.05) is 30.5 Å². The van der Waals surface area contributed by atoms with E-state index < -0.39 is 5.60 Å². The van der Waals surface area contributed by atoms with Gasteiger partial charge in [0.05, 0.1) is 18.0 Å². The van der Waals surface area contributed by atoms with Crippen LogP contribution in [-0.2, 0) is 6.54 Å². The van der Waals surface area contributed by atoms with Crippen LogP contribution in [-0.4, -0.2) is 41.4 Å². The van der Waals surface area contributed by atoms with Crippen LogP contribution in [0.1, 0.15) is 58.2 Å². The molecule has 0 spiro atoms. The fourth-order valence-electron chi connectivity index (χ4n) is 3.45. The van der Waals surface area contributed by atoms with E-state index in [4.69, 9.17) is 0 Å². The molecule has 0 amide bonds. The summed E-state index contributed by atoms with van der Waals surface area (Å²) in [6.07, 6.45) is 2.48. The number of phenols is 1. The highest BCUT2D eigenvalue weighted by atomic mass is 16.3. The maximum absolute atomic E-state index is 10.5.